The molecule has 0 aliphatic heterocycles. The van der Waals surface area contributed by atoms with Crippen LogP contribution in [-0.2, 0) is 17.3 Å². The molecule has 1 aromatic carbocycles. The third kappa shape index (κ3) is 3.45. The number of rotatable bonds is 3. The van der Waals surface area contributed by atoms with E-state index >= 15 is 0 Å². The van der Waals surface area contributed by atoms with Crippen LogP contribution in [-0.4, -0.2) is 14.8 Å². The number of nitrogens with zero attached hydrogens (tertiary/aromatic N) is 3. The Kier molecular flexibility index (Phi) is 4.46. The lowest BCUT2D eigenvalue weighted by Crippen LogP contribution is -2.26. The first kappa shape index (κ1) is 14.7. The van der Waals surface area contributed by atoms with E-state index in [1.807, 2.05) is 0 Å². The zero-order chi connectivity index (χ0) is 14.0. The molecule has 0 N–H and O–H groups in total. The van der Waals surface area contributed by atoms with Crippen molar-refractivity contribution < 1.29 is 0 Å². The molecule has 2 rings (SSSR count). The van der Waals surface area contributed by atoms with Crippen molar-refractivity contribution in [1.29, 1.82) is 0 Å². The molecule has 2 aromatic rings. The van der Waals surface area contributed by atoms with Crippen molar-refractivity contribution in [2.24, 2.45) is 0 Å². The molecular weight excluding hydrogens is 370 g/mol. The van der Waals surface area contributed by atoms with Crippen LogP contribution < -0.4 is 0 Å². The molecule has 0 saturated heterocycles. The van der Waals surface area contributed by atoms with E-state index in [1.54, 1.807) is 0 Å². The Hall–Kier alpha value is -0.680. The van der Waals surface area contributed by atoms with Crippen molar-refractivity contribution in [3.8, 4) is 0 Å². The van der Waals surface area contributed by atoms with Crippen LogP contribution in [0.25, 0.3) is 0 Å². The predicted octanol–water partition coefficient (Wildman–Crippen LogP) is 4.28. The van der Waals surface area contributed by atoms with Crippen molar-refractivity contribution in [2.45, 2.75) is 38.1 Å². The van der Waals surface area contributed by atoms with Gasteiger partial charge in [-0.3, -0.25) is 0 Å². The Labute approximate surface area is 130 Å². The Morgan fingerprint density at radius 2 is 1.63 bits per heavy atom. The third-order valence-electron chi connectivity index (χ3n) is 2.86. The van der Waals surface area contributed by atoms with Crippen LogP contribution in [0.4, 0.5) is 0 Å². The van der Waals surface area contributed by atoms with E-state index < -0.39 is 0 Å². The second-order valence-corrected chi connectivity index (χ2v) is 6.95. The molecular formula is C14H17Br2N3. The molecule has 5 heteroatoms. The van der Waals surface area contributed by atoms with Crippen LogP contribution in [0, 0.1) is 0 Å². The second-order valence-electron chi connectivity index (χ2n) is 5.48. The number of hydrogen-bond donors (Lipinski definition) is 0. The van der Waals surface area contributed by atoms with Gasteiger partial charge in [0, 0.05) is 16.4 Å². The SMILES string of the molecule is CC(C)(C)n1c(CBr)nnc1Cc1ccc(Br)cc1. The van der Waals surface area contributed by atoms with Gasteiger partial charge in [0.25, 0.3) is 0 Å². The fourth-order valence-electron chi connectivity index (χ4n) is 2.11. The number of hydrogen-bond acceptors (Lipinski definition) is 2. The van der Waals surface area contributed by atoms with E-state index in [2.05, 4.69) is 91.7 Å². The molecule has 0 fully saturated rings. The van der Waals surface area contributed by atoms with Crippen LogP contribution in [0.15, 0.2) is 28.7 Å². The second kappa shape index (κ2) is 5.75. The summed E-state index contributed by atoms with van der Waals surface area (Å²) in [7, 11) is 0. The van der Waals surface area contributed by atoms with Crippen LogP contribution in [0.1, 0.15) is 38.0 Å². The fraction of sp³-hybridized carbons (Fsp3) is 0.429. The molecule has 3 nitrogen and oxygen atoms in total. The summed E-state index contributed by atoms with van der Waals surface area (Å²) in [5.74, 6) is 1.98. The zero-order valence-corrected chi connectivity index (χ0v) is 14.5. The summed E-state index contributed by atoms with van der Waals surface area (Å²) in [5, 5.41) is 9.33. The molecule has 19 heavy (non-hydrogen) atoms. The van der Waals surface area contributed by atoms with Gasteiger partial charge in [-0.05, 0) is 38.5 Å². The quantitative estimate of drug-likeness (QED) is 0.737. The van der Waals surface area contributed by atoms with Gasteiger partial charge in [0.05, 0.1) is 5.33 Å². The topological polar surface area (TPSA) is 30.7 Å². The van der Waals surface area contributed by atoms with E-state index in [-0.39, 0.29) is 5.54 Å². The number of benzene rings is 1. The summed E-state index contributed by atoms with van der Waals surface area (Å²) < 4.78 is 3.30. The third-order valence-corrected chi connectivity index (χ3v) is 3.89. The standard InChI is InChI=1S/C14H17Br2N3/c1-14(2,3)19-12(17-18-13(19)9-15)8-10-4-6-11(16)7-5-10/h4-7H,8-9H2,1-3H3. The summed E-state index contributed by atoms with van der Waals surface area (Å²) >= 11 is 6.93. The first-order valence-electron chi connectivity index (χ1n) is 6.16. The number of halogens is 2. The minimum Gasteiger partial charge on any atom is -0.309 e. The van der Waals surface area contributed by atoms with Gasteiger partial charge >= 0.3 is 0 Å². The van der Waals surface area contributed by atoms with E-state index in [0.29, 0.717) is 0 Å². The first-order chi connectivity index (χ1) is 8.91. The molecule has 0 aliphatic carbocycles. The van der Waals surface area contributed by atoms with Gasteiger partial charge < -0.3 is 4.57 Å². The Morgan fingerprint density at radius 3 is 2.16 bits per heavy atom. The highest BCUT2D eigenvalue weighted by Crippen LogP contribution is 2.22. The number of alkyl halides is 1. The molecule has 102 valence electrons. The molecule has 1 aromatic heterocycles. The molecule has 0 bridgehead atoms. The zero-order valence-electron chi connectivity index (χ0n) is 11.3. The molecule has 0 unspecified atom stereocenters. The molecule has 0 radical (unpaired) electrons. The Balaban J connectivity index is 2.35. The van der Waals surface area contributed by atoms with Gasteiger partial charge in [-0.1, -0.05) is 44.0 Å². The van der Waals surface area contributed by atoms with Gasteiger partial charge in [-0.15, -0.1) is 10.2 Å². The Bertz CT molecular complexity index is 553. The highest BCUT2D eigenvalue weighted by atomic mass is 79.9. The normalized spacial score (nSPS) is 11.8. The fourth-order valence-corrected chi connectivity index (χ4v) is 2.74. The molecule has 0 aliphatic rings. The molecule has 1 heterocycles. The summed E-state index contributed by atoms with van der Waals surface area (Å²) in [6.07, 6.45) is 0.796. The Morgan fingerprint density at radius 1 is 1.05 bits per heavy atom. The van der Waals surface area contributed by atoms with E-state index in [0.717, 1.165) is 27.9 Å². The first-order valence-corrected chi connectivity index (χ1v) is 8.07. The van der Waals surface area contributed by atoms with Crippen molar-refractivity contribution in [2.75, 3.05) is 0 Å². The highest BCUT2D eigenvalue weighted by Gasteiger charge is 2.22. The van der Waals surface area contributed by atoms with Crippen molar-refractivity contribution >= 4 is 31.9 Å². The lowest BCUT2D eigenvalue weighted by Gasteiger charge is -2.24. The van der Waals surface area contributed by atoms with Gasteiger partial charge in [-0.2, -0.15) is 0 Å². The minimum atomic E-state index is -0.0166. The summed E-state index contributed by atoms with van der Waals surface area (Å²) in [6.45, 7) is 6.52. The van der Waals surface area contributed by atoms with Crippen molar-refractivity contribution in [1.82, 2.24) is 14.8 Å². The average molecular weight is 387 g/mol. The van der Waals surface area contributed by atoms with Crippen LogP contribution in [0.5, 0.6) is 0 Å². The van der Waals surface area contributed by atoms with Crippen LogP contribution in [0.3, 0.4) is 0 Å². The minimum absolute atomic E-state index is 0.0166. The largest absolute Gasteiger partial charge is 0.309 e. The lowest BCUT2D eigenvalue weighted by atomic mass is 10.1. The van der Waals surface area contributed by atoms with Gasteiger partial charge in [0.2, 0.25) is 0 Å². The van der Waals surface area contributed by atoms with E-state index in [9.17, 15) is 0 Å². The van der Waals surface area contributed by atoms with E-state index in [1.165, 1.54) is 5.56 Å². The van der Waals surface area contributed by atoms with Gasteiger partial charge in [-0.25, -0.2) is 0 Å². The maximum absolute atomic E-state index is 4.34. The van der Waals surface area contributed by atoms with Crippen molar-refractivity contribution in [3.05, 3.63) is 46.0 Å². The monoisotopic (exact) mass is 385 g/mol. The maximum Gasteiger partial charge on any atom is 0.144 e. The average Bonchev–Trinajstić information content (AvgIpc) is 2.75. The van der Waals surface area contributed by atoms with Crippen LogP contribution >= 0.6 is 31.9 Å². The lowest BCUT2D eigenvalue weighted by molar-refractivity contribution is 0.375. The summed E-state index contributed by atoms with van der Waals surface area (Å²) in [5.41, 5.74) is 1.22. The highest BCUT2D eigenvalue weighted by molar-refractivity contribution is 9.10. The van der Waals surface area contributed by atoms with E-state index in [4.69, 9.17) is 0 Å². The predicted molar refractivity (Wildman–Crippen MR) is 84.6 cm³/mol. The molecule has 0 atom stereocenters. The number of aromatic nitrogens is 3. The van der Waals surface area contributed by atoms with Crippen LogP contribution in [0.2, 0.25) is 0 Å². The van der Waals surface area contributed by atoms with Gasteiger partial charge in [0.15, 0.2) is 0 Å². The summed E-state index contributed by atoms with van der Waals surface area (Å²) in [6, 6.07) is 8.33. The maximum atomic E-state index is 4.34. The molecule has 0 saturated carbocycles. The molecule has 0 spiro atoms. The molecule has 0 amide bonds. The van der Waals surface area contributed by atoms with Crippen molar-refractivity contribution in [3.63, 3.8) is 0 Å². The summed E-state index contributed by atoms with van der Waals surface area (Å²) in [4.78, 5) is 0. The van der Waals surface area contributed by atoms with Gasteiger partial charge in [0.1, 0.15) is 11.6 Å². The smallest absolute Gasteiger partial charge is 0.144 e.